The van der Waals surface area contributed by atoms with Crippen molar-refractivity contribution in [2.75, 3.05) is 14.1 Å². The van der Waals surface area contributed by atoms with Crippen LogP contribution in [0.3, 0.4) is 0 Å². The van der Waals surface area contributed by atoms with Gasteiger partial charge in [0.25, 0.3) is 0 Å². The van der Waals surface area contributed by atoms with Crippen LogP contribution in [0, 0.1) is 0 Å². The highest BCUT2D eigenvalue weighted by molar-refractivity contribution is 5.20. The molecule has 1 aromatic heterocycles. The number of aromatic amines is 1. The molecule has 0 radical (unpaired) electrons. The third kappa shape index (κ3) is 2.49. The number of rotatable bonds is 2. The molecule has 0 amide bonds. The van der Waals surface area contributed by atoms with E-state index in [1.54, 1.807) is 20.2 Å². The quantitative estimate of drug-likeness (QED) is 0.509. The molecule has 0 saturated carbocycles. The second-order valence-corrected chi connectivity index (χ2v) is 2.30. The maximum Gasteiger partial charge on any atom is 0.346 e. The van der Waals surface area contributed by atoms with Gasteiger partial charge in [-0.25, -0.2) is 9.78 Å². The van der Waals surface area contributed by atoms with E-state index in [1.807, 2.05) is 0 Å². The summed E-state index contributed by atoms with van der Waals surface area (Å²) < 4.78 is 0. The van der Waals surface area contributed by atoms with Crippen LogP contribution in [-0.4, -0.2) is 29.1 Å². The van der Waals surface area contributed by atoms with Gasteiger partial charge in [-0.3, -0.25) is 9.99 Å². The number of hydrogen-bond donors (Lipinski definition) is 1. The topological polar surface area (TPSA) is 73.7 Å². The first kappa shape index (κ1) is 8.38. The van der Waals surface area contributed by atoms with Crippen LogP contribution in [0.5, 0.6) is 0 Å². The van der Waals surface area contributed by atoms with Gasteiger partial charge in [0.1, 0.15) is 0 Å². The Morgan fingerprint density at radius 3 is 2.92 bits per heavy atom. The van der Waals surface area contributed by atoms with Crippen molar-refractivity contribution < 1.29 is 0 Å². The maximum atomic E-state index is 10.7. The van der Waals surface area contributed by atoms with Crippen LogP contribution in [-0.2, 0) is 0 Å². The van der Waals surface area contributed by atoms with Gasteiger partial charge in [-0.2, -0.15) is 0 Å². The average molecular weight is 167 g/mol. The molecule has 6 nitrogen and oxygen atoms in total. The van der Waals surface area contributed by atoms with Crippen LogP contribution < -0.4 is 5.69 Å². The Morgan fingerprint density at radius 2 is 2.33 bits per heavy atom. The molecule has 0 spiro atoms. The SMILES string of the molecule is CN(C)N=Nc1ccnc(=O)[nH]1. The summed E-state index contributed by atoms with van der Waals surface area (Å²) >= 11 is 0. The molecule has 12 heavy (non-hydrogen) atoms. The second kappa shape index (κ2) is 3.61. The van der Waals surface area contributed by atoms with Gasteiger partial charge in [0.05, 0.1) is 0 Å². The highest BCUT2D eigenvalue weighted by atomic mass is 16.1. The zero-order valence-corrected chi connectivity index (χ0v) is 6.85. The third-order valence-electron chi connectivity index (χ3n) is 0.991. The molecule has 0 unspecified atom stereocenters. The summed E-state index contributed by atoms with van der Waals surface area (Å²) in [5.41, 5.74) is -0.426. The van der Waals surface area contributed by atoms with E-state index < -0.39 is 5.69 Å². The number of hydrogen-bond acceptors (Lipinski definition) is 4. The summed E-state index contributed by atoms with van der Waals surface area (Å²) in [4.78, 5) is 16.5. The smallest absolute Gasteiger partial charge is 0.289 e. The largest absolute Gasteiger partial charge is 0.346 e. The lowest BCUT2D eigenvalue weighted by Crippen LogP contribution is -2.07. The molecule has 6 heteroatoms. The van der Waals surface area contributed by atoms with Crippen LogP contribution >= 0.6 is 0 Å². The lowest BCUT2D eigenvalue weighted by Gasteiger charge is -1.99. The van der Waals surface area contributed by atoms with Gasteiger partial charge >= 0.3 is 5.69 Å². The summed E-state index contributed by atoms with van der Waals surface area (Å²) in [7, 11) is 3.48. The molecule has 0 aromatic carbocycles. The monoisotopic (exact) mass is 167 g/mol. The van der Waals surface area contributed by atoms with Crippen molar-refractivity contribution in [2.24, 2.45) is 10.3 Å². The van der Waals surface area contributed by atoms with E-state index in [9.17, 15) is 4.79 Å². The normalized spacial score (nSPS) is 10.5. The lowest BCUT2D eigenvalue weighted by atomic mass is 10.6. The summed E-state index contributed by atoms with van der Waals surface area (Å²) in [6.07, 6.45) is 1.38. The Morgan fingerprint density at radius 1 is 1.58 bits per heavy atom. The van der Waals surface area contributed by atoms with Gasteiger partial charge in [-0.05, 0) is 0 Å². The molecule has 64 valence electrons. The van der Waals surface area contributed by atoms with Gasteiger partial charge in [0, 0.05) is 26.4 Å². The number of aromatic nitrogens is 2. The van der Waals surface area contributed by atoms with E-state index in [1.165, 1.54) is 11.2 Å². The lowest BCUT2D eigenvalue weighted by molar-refractivity contribution is 0.407. The zero-order chi connectivity index (χ0) is 8.97. The Bertz CT molecular complexity index is 329. The van der Waals surface area contributed by atoms with Crippen LogP contribution in [0.2, 0.25) is 0 Å². The summed E-state index contributed by atoms with van der Waals surface area (Å²) in [6.45, 7) is 0. The van der Waals surface area contributed by atoms with Crippen molar-refractivity contribution in [3.05, 3.63) is 22.7 Å². The number of nitrogens with one attached hydrogen (secondary N) is 1. The molecule has 0 aliphatic heterocycles. The Balaban J connectivity index is 2.83. The first-order valence-corrected chi connectivity index (χ1v) is 3.33. The van der Waals surface area contributed by atoms with Gasteiger partial charge in [0.15, 0.2) is 5.82 Å². The Labute approximate surface area is 68.9 Å². The van der Waals surface area contributed by atoms with Gasteiger partial charge in [-0.1, -0.05) is 5.22 Å². The average Bonchev–Trinajstić information content (AvgIpc) is 2.01. The first-order chi connectivity index (χ1) is 5.68. The van der Waals surface area contributed by atoms with Crippen LogP contribution in [0.4, 0.5) is 5.82 Å². The van der Waals surface area contributed by atoms with Crippen molar-refractivity contribution >= 4 is 5.82 Å². The van der Waals surface area contributed by atoms with Crippen molar-refractivity contribution in [3.8, 4) is 0 Å². The van der Waals surface area contributed by atoms with Gasteiger partial charge in [0.2, 0.25) is 0 Å². The van der Waals surface area contributed by atoms with Gasteiger partial charge < -0.3 is 0 Å². The van der Waals surface area contributed by atoms with Crippen molar-refractivity contribution in [1.29, 1.82) is 0 Å². The Hall–Kier alpha value is -1.72. The molecule has 0 fully saturated rings. The van der Waals surface area contributed by atoms with Crippen LogP contribution in [0.1, 0.15) is 0 Å². The molecular formula is C6H9N5O. The van der Waals surface area contributed by atoms with E-state index in [-0.39, 0.29) is 0 Å². The summed E-state index contributed by atoms with van der Waals surface area (Å²) in [5.74, 6) is 0.392. The third-order valence-corrected chi connectivity index (χ3v) is 0.991. The number of H-pyrrole nitrogens is 1. The molecule has 0 atom stereocenters. The highest BCUT2D eigenvalue weighted by Gasteiger charge is 1.89. The number of nitrogens with zero attached hydrogens (tertiary/aromatic N) is 4. The predicted molar refractivity (Wildman–Crippen MR) is 43.1 cm³/mol. The maximum absolute atomic E-state index is 10.7. The van der Waals surface area contributed by atoms with Crippen molar-refractivity contribution in [2.45, 2.75) is 0 Å². The van der Waals surface area contributed by atoms with E-state index in [2.05, 4.69) is 20.3 Å². The minimum Gasteiger partial charge on any atom is -0.289 e. The van der Waals surface area contributed by atoms with Gasteiger partial charge in [-0.15, -0.1) is 5.11 Å². The van der Waals surface area contributed by atoms with Crippen molar-refractivity contribution in [1.82, 2.24) is 15.0 Å². The van der Waals surface area contributed by atoms with E-state index in [0.29, 0.717) is 5.82 Å². The molecule has 1 rings (SSSR count). The first-order valence-electron chi connectivity index (χ1n) is 3.33. The van der Waals surface area contributed by atoms with Crippen molar-refractivity contribution in [3.63, 3.8) is 0 Å². The molecule has 0 aliphatic carbocycles. The zero-order valence-electron chi connectivity index (χ0n) is 6.85. The summed E-state index contributed by atoms with van der Waals surface area (Å²) in [5, 5.41) is 8.94. The fourth-order valence-electron chi connectivity index (χ4n) is 0.555. The predicted octanol–water partition coefficient (Wildman–Crippen LogP) is 0.330. The minimum absolute atomic E-state index is 0.392. The Kier molecular flexibility index (Phi) is 2.52. The standard InChI is InChI=1S/C6H9N5O/c1-11(2)10-9-5-3-4-7-6(12)8-5/h3-4H,1-2H3,(H,7,8,12). The van der Waals surface area contributed by atoms with E-state index in [4.69, 9.17) is 0 Å². The minimum atomic E-state index is -0.426. The molecule has 0 bridgehead atoms. The molecule has 0 aliphatic rings. The summed E-state index contributed by atoms with van der Waals surface area (Å²) in [6, 6.07) is 1.56. The fraction of sp³-hybridized carbons (Fsp3) is 0.333. The molecule has 1 heterocycles. The van der Waals surface area contributed by atoms with E-state index in [0.717, 1.165) is 0 Å². The molecular weight excluding hydrogens is 158 g/mol. The van der Waals surface area contributed by atoms with Crippen LogP contribution in [0.25, 0.3) is 0 Å². The highest BCUT2D eigenvalue weighted by Crippen LogP contribution is 2.02. The molecule has 1 aromatic rings. The molecule has 0 saturated heterocycles. The molecule has 1 N–H and O–H groups in total. The fourth-order valence-corrected chi connectivity index (χ4v) is 0.555. The van der Waals surface area contributed by atoms with Crippen LogP contribution in [0.15, 0.2) is 27.4 Å². The second-order valence-electron chi connectivity index (χ2n) is 2.30. The van der Waals surface area contributed by atoms with E-state index >= 15 is 0 Å².